The maximum absolute atomic E-state index is 5.25. The molecular weight excluding hydrogens is 220 g/mol. The standard InChI is InChI=1S/C12H18N2OS/c1-2-4-10(5-3-1)16-8-11-13-12(15-14-11)9-6-7-9/h9-10H,1-8H2. The Morgan fingerprint density at radius 1 is 1.12 bits per heavy atom. The Kier molecular flexibility index (Phi) is 3.18. The molecule has 0 N–H and O–H groups in total. The average Bonchev–Trinajstić information content (AvgIpc) is 3.08. The lowest BCUT2D eigenvalue weighted by Crippen LogP contribution is -2.08. The number of hydrogen-bond donors (Lipinski definition) is 0. The van der Waals surface area contributed by atoms with E-state index >= 15 is 0 Å². The first-order chi connectivity index (χ1) is 7.92. The van der Waals surface area contributed by atoms with Crippen LogP contribution in [0.15, 0.2) is 4.52 Å². The molecule has 2 aliphatic carbocycles. The molecule has 0 unspecified atom stereocenters. The van der Waals surface area contributed by atoms with E-state index in [1.54, 1.807) is 0 Å². The van der Waals surface area contributed by atoms with Gasteiger partial charge < -0.3 is 4.52 Å². The molecule has 3 nitrogen and oxygen atoms in total. The zero-order valence-electron chi connectivity index (χ0n) is 9.52. The topological polar surface area (TPSA) is 38.9 Å². The van der Waals surface area contributed by atoms with Crippen molar-refractivity contribution in [3.05, 3.63) is 11.7 Å². The molecule has 16 heavy (non-hydrogen) atoms. The second-order valence-corrected chi connectivity index (χ2v) is 6.18. The minimum Gasteiger partial charge on any atom is -0.339 e. The maximum atomic E-state index is 5.25. The fourth-order valence-electron chi connectivity index (χ4n) is 2.25. The van der Waals surface area contributed by atoms with E-state index in [-0.39, 0.29) is 0 Å². The molecule has 0 radical (unpaired) electrons. The van der Waals surface area contributed by atoms with Gasteiger partial charge in [-0.15, -0.1) is 0 Å². The highest BCUT2D eigenvalue weighted by atomic mass is 32.2. The fourth-order valence-corrected chi connectivity index (χ4v) is 3.42. The van der Waals surface area contributed by atoms with Crippen LogP contribution < -0.4 is 0 Å². The first-order valence-corrected chi connectivity index (χ1v) is 7.41. The highest BCUT2D eigenvalue weighted by Crippen LogP contribution is 2.39. The molecule has 3 rings (SSSR count). The highest BCUT2D eigenvalue weighted by Gasteiger charge is 2.29. The molecule has 0 spiro atoms. The van der Waals surface area contributed by atoms with Crippen molar-refractivity contribution in [3.63, 3.8) is 0 Å². The second-order valence-electron chi connectivity index (χ2n) is 4.89. The van der Waals surface area contributed by atoms with Crippen LogP contribution in [0.1, 0.15) is 62.6 Å². The molecule has 0 saturated heterocycles. The summed E-state index contributed by atoms with van der Waals surface area (Å²) < 4.78 is 5.25. The van der Waals surface area contributed by atoms with Crippen LogP contribution in [0.25, 0.3) is 0 Å². The summed E-state index contributed by atoms with van der Waals surface area (Å²) in [6, 6.07) is 0. The van der Waals surface area contributed by atoms with Gasteiger partial charge >= 0.3 is 0 Å². The van der Waals surface area contributed by atoms with E-state index in [0.29, 0.717) is 5.92 Å². The summed E-state index contributed by atoms with van der Waals surface area (Å²) in [6.07, 6.45) is 9.43. The Bertz CT molecular complexity index is 343. The third-order valence-corrected chi connectivity index (χ3v) is 4.78. The quantitative estimate of drug-likeness (QED) is 0.804. The van der Waals surface area contributed by atoms with Crippen molar-refractivity contribution in [2.24, 2.45) is 0 Å². The van der Waals surface area contributed by atoms with Crippen molar-refractivity contribution in [3.8, 4) is 0 Å². The van der Waals surface area contributed by atoms with E-state index in [2.05, 4.69) is 10.1 Å². The molecule has 0 atom stereocenters. The molecule has 0 amide bonds. The summed E-state index contributed by atoms with van der Waals surface area (Å²) in [6.45, 7) is 0. The SMILES string of the molecule is C1CCC(SCc2noc(C3CC3)n2)CC1. The van der Waals surface area contributed by atoms with Crippen LogP contribution in [0.4, 0.5) is 0 Å². The third kappa shape index (κ3) is 2.59. The fraction of sp³-hybridized carbons (Fsp3) is 0.833. The monoisotopic (exact) mass is 238 g/mol. The van der Waals surface area contributed by atoms with Crippen molar-refractivity contribution in [1.29, 1.82) is 0 Å². The van der Waals surface area contributed by atoms with Crippen molar-refractivity contribution < 1.29 is 4.52 Å². The van der Waals surface area contributed by atoms with E-state index in [9.17, 15) is 0 Å². The molecule has 2 fully saturated rings. The number of rotatable bonds is 4. The minimum atomic E-state index is 0.584. The van der Waals surface area contributed by atoms with Crippen molar-refractivity contribution in [1.82, 2.24) is 10.1 Å². The van der Waals surface area contributed by atoms with Gasteiger partial charge in [0.15, 0.2) is 5.82 Å². The van der Waals surface area contributed by atoms with Crippen LogP contribution >= 0.6 is 11.8 Å². The molecule has 2 aliphatic rings. The van der Waals surface area contributed by atoms with Gasteiger partial charge in [-0.2, -0.15) is 16.7 Å². The largest absolute Gasteiger partial charge is 0.339 e. The van der Waals surface area contributed by atoms with Gasteiger partial charge in [-0.05, 0) is 25.7 Å². The van der Waals surface area contributed by atoms with E-state index in [1.807, 2.05) is 11.8 Å². The van der Waals surface area contributed by atoms with E-state index in [1.165, 1.54) is 44.9 Å². The van der Waals surface area contributed by atoms with Crippen molar-refractivity contribution >= 4 is 11.8 Å². The van der Waals surface area contributed by atoms with Crippen molar-refractivity contribution in [2.45, 2.75) is 61.9 Å². The van der Waals surface area contributed by atoms with Gasteiger partial charge in [-0.3, -0.25) is 0 Å². The Balaban J connectivity index is 1.49. The normalized spacial score (nSPS) is 22.5. The number of nitrogens with zero attached hydrogens (tertiary/aromatic N) is 2. The van der Waals surface area contributed by atoms with Gasteiger partial charge in [0.1, 0.15) is 0 Å². The van der Waals surface area contributed by atoms with Gasteiger partial charge in [0.05, 0.1) is 5.75 Å². The average molecular weight is 238 g/mol. The summed E-state index contributed by atoms with van der Waals surface area (Å²) in [4.78, 5) is 4.46. The van der Waals surface area contributed by atoms with Gasteiger partial charge in [0, 0.05) is 11.2 Å². The smallest absolute Gasteiger partial charge is 0.229 e. The molecule has 1 aromatic rings. The molecule has 1 aromatic heterocycles. The number of aromatic nitrogens is 2. The molecule has 88 valence electrons. The summed E-state index contributed by atoms with van der Waals surface area (Å²) in [5.41, 5.74) is 0. The lowest BCUT2D eigenvalue weighted by molar-refractivity contribution is 0.375. The van der Waals surface area contributed by atoms with Crippen LogP contribution in [-0.2, 0) is 5.75 Å². The zero-order valence-corrected chi connectivity index (χ0v) is 10.3. The summed E-state index contributed by atoms with van der Waals surface area (Å²) in [5, 5.41) is 4.89. The Hall–Kier alpha value is -0.510. The lowest BCUT2D eigenvalue weighted by atomic mass is 10.0. The second kappa shape index (κ2) is 4.78. The van der Waals surface area contributed by atoms with Crippen molar-refractivity contribution in [2.75, 3.05) is 0 Å². The predicted molar refractivity (Wildman–Crippen MR) is 64.4 cm³/mol. The molecule has 4 heteroatoms. The van der Waals surface area contributed by atoms with Crippen LogP contribution in [0.3, 0.4) is 0 Å². The molecular formula is C12H18N2OS. The summed E-state index contributed by atoms with van der Waals surface area (Å²) >= 11 is 2.01. The van der Waals surface area contributed by atoms with Crippen LogP contribution in [0.5, 0.6) is 0 Å². The minimum absolute atomic E-state index is 0.584. The van der Waals surface area contributed by atoms with Crippen LogP contribution in [0, 0.1) is 0 Å². The lowest BCUT2D eigenvalue weighted by Gasteiger charge is -2.19. The van der Waals surface area contributed by atoms with Gasteiger partial charge in [-0.25, -0.2) is 0 Å². The zero-order chi connectivity index (χ0) is 10.8. The molecule has 0 bridgehead atoms. The highest BCUT2D eigenvalue weighted by molar-refractivity contribution is 7.99. The van der Waals surface area contributed by atoms with E-state index in [4.69, 9.17) is 4.52 Å². The number of thioether (sulfide) groups is 1. The molecule has 0 aromatic carbocycles. The number of hydrogen-bond acceptors (Lipinski definition) is 4. The van der Waals surface area contributed by atoms with Gasteiger partial charge in [0.2, 0.25) is 5.89 Å². The van der Waals surface area contributed by atoms with Gasteiger partial charge in [-0.1, -0.05) is 24.4 Å². The summed E-state index contributed by atoms with van der Waals surface area (Å²) in [5.74, 6) is 3.29. The van der Waals surface area contributed by atoms with Crippen LogP contribution in [0.2, 0.25) is 0 Å². The Morgan fingerprint density at radius 2 is 1.94 bits per heavy atom. The Labute approximate surface area is 100 Å². The first kappa shape index (κ1) is 10.6. The third-order valence-electron chi connectivity index (χ3n) is 3.41. The van der Waals surface area contributed by atoms with Crippen LogP contribution in [-0.4, -0.2) is 15.4 Å². The summed E-state index contributed by atoms with van der Waals surface area (Å²) in [7, 11) is 0. The first-order valence-electron chi connectivity index (χ1n) is 6.36. The van der Waals surface area contributed by atoms with E-state index < -0.39 is 0 Å². The predicted octanol–water partition coefficient (Wildman–Crippen LogP) is 3.51. The molecule has 1 heterocycles. The molecule has 2 saturated carbocycles. The molecule has 0 aliphatic heterocycles. The van der Waals surface area contributed by atoms with Gasteiger partial charge in [0.25, 0.3) is 0 Å². The Morgan fingerprint density at radius 3 is 2.69 bits per heavy atom. The maximum Gasteiger partial charge on any atom is 0.229 e. The van der Waals surface area contributed by atoms with E-state index in [0.717, 1.165) is 22.7 Å².